The number of nitrogens with one attached hydrogen (secondary N) is 1. The molecule has 0 amide bonds. The lowest BCUT2D eigenvalue weighted by Crippen LogP contribution is -2.31. The van der Waals surface area contributed by atoms with Gasteiger partial charge in [-0.25, -0.2) is 4.98 Å². The molecule has 28 heavy (non-hydrogen) atoms. The molecule has 0 saturated heterocycles. The smallest absolute Gasteiger partial charge is 0.0951 e. The van der Waals surface area contributed by atoms with Crippen LogP contribution >= 0.6 is 11.3 Å². The Morgan fingerprint density at radius 1 is 1.36 bits per heavy atom. The highest BCUT2D eigenvalue weighted by molar-refractivity contribution is 7.18. The number of rotatable bonds is 12. The van der Waals surface area contributed by atoms with Gasteiger partial charge in [0.05, 0.1) is 21.3 Å². The summed E-state index contributed by atoms with van der Waals surface area (Å²) in [6.45, 7) is 10.5. The monoisotopic (exact) mass is 391 g/mol. The molecule has 1 unspecified atom stereocenters. The van der Waals surface area contributed by atoms with E-state index in [0.717, 1.165) is 42.8 Å². The molecule has 1 heterocycles. The molecule has 0 spiro atoms. The number of fused-ring (bicyclic) bond motifs is 1. The Morgan fingerprint density at radius 3 is 2.96 bits per heavy atom. The molecule has 0 aliphatic heterocycles. The average Bonchev–Trinajstić information content (AvgIpc) is 3.11. The van der Waals surface area contributed by atoms with E-state index in [1.165, 1.54) is 10.3 Å². The van der Waals surface area contributed by atoms with Crippen molar-refractivity contribution in [1.29, 1.82) is 5.26 Å². The normalized spacial score (nSPS) is 12.6. The van der Waals surface area contributed by atoms with E-state index in [-0.39, 0.29) is 6.04 Å². The zero-order valence-corrected chi connectivity index (χ0v) is 17.5. The quantitative estimate of drug-likeness (QED) is 0.361. The molecule has 146 valence electrons. The van der Waals surface area contributed by atoms with Crippen molar-refractivity contribution >= 4 is 21.6 Å². The number of nitrogens with zero attached hydrogens (tertiary/aromatic N) is 2. The lowest BCUT2D eigenvalue weighted by molar-refractivity contribution is 0.486. The van der Waals surface area contributed by atoms with Gasteiger partial charge in [-0.1, -0.05) is 56.5 Å². The van der Waals surface area contributed by atoms with Crippen LogP contribution in [0.25, 0.3) is 10.2 Å². The summed E-state index contributed by atoms with van der Waals surface area (Å²) in [4.78, 5) is 4.75. The van der Waals surface area contributed by atoms with Gasteiger partial charge in [0.25, 0.3) is 0 Å². The molecule has 0 bridgehead atoms. The van der Waals surface area contributed by atoms with Crippen LogP contribution < -0.4 is 5.32 Å². The van der Waals surface area contributed by atoms with Crippen molar-refractivity contribution in [3.05, 3.63) is 77.9 Å². The van der Waals surface area contributed by atoms with Gasteiger partial charge in [-0.3, -0.25) is 0 Å². The number of hydrogen-bond donors (Lipinski definition) is 1. The second kappa shape index (κ2) is 12.1. The van der Waals surface area contributed by atoms with Crippen molar-refractivity contribution in [2.24, 2.45) is 0 Å². The SMILES string of the molecule is C=C/C=C\C=C/CCC(CC(=C)C#N)NCCc1nc2ccc(CC)cc2s1. The first-order valence-electron chi connectivity index (χ1n) is 9.80. The van der Waals surface area contributed by atoms with Crippen LogP contribution in [0.3, 0.4) is 0 Å². The highest BCUT2D eigenvalue weighted by Crippen LogP contribution is 2.24. The average molecular weight is 392 g/mol. The van der Waals surface area contributed by atoms with Crippen molar-refractivity contribution < 1.29 is 0 Å². The molecular formula is C24H29N3S. The second-order valence-electron chi connectivity index (χ2n) is 6.71. The Bertz CT molecular complexity index is 883. The molecule has 1 aromatic carbocycles. The summed E-state index contributed by atoms with van der Waals surface area (Å²) in [5.74, 6) is 0. The summed E-state index contributed by atoms with van der Waals surface area (Å²) in [5, 5.41) is 13.8. The zero-order chi connectivity index (χ0) is 20.2. The largest absolute Gasteiger partial charge is 0.313 e. The Balaban J connectivity index is 1.88. The van der Waals surface area contributed by atoms with Gasteiger partial charge in [0.2, 0.25) is 0 Å². The van der Waals surface area contributed by atoms with E-state index in [1.807, 2.05) is 18.2 Å². The number of nitriles is 1. The van der Waals surface area contributed by atoms with E-state index in [2.05, 4.69) is 55.7 Å². The van der Waals surface area contributed by atoms with E-state index in [9.17, 15) is 0 Å². The van der Waals surface area contributed by atoms with Crippen molar-refractivity contribution in [3.8, 4) is 6.07 Å². The molecule has 0 radical (unpaired) electrons. The molecular weight excluding hydrogens is 362 g/mol. The van der Waals surface area contributed by atoms with E-state index in [0.29, 0.717) is 12.0 Å². The molecule has 0 aliphatic rings. The predicted molar refractivity (Wildman–Crippen MR) is 122 cm³/mol. The number of aryl methyl sites for hydroxylation is 1. The van der Waals surface area contributed by atoms with Crippen LogP contribution in [0.5, 0.6) is 0 Å². The molecule has 0 fully saturated rings. The van der Waals surface area contributed by atoms with E-state index in [4.69, 9.17) is 10.2 Å². The van der Waals surface area contributed by atoms with Gasteiger partial charge in [-0.05, 0) is 43.4 Å². The summed E-state index contributed by atoms with van der Waals surface area (Å²) < 4.78 is 1.27. The minimum Gasteiger partial charge on any atom is -0.313 e. The van der Waals surface area contributed by atoms with Crippen LogP contribution in [0.4, 0.5) is 0 Å². The number of allylic oxidation sites excluding steroid dienone is 5. The third-order valence-corrected chi connectivity index (χ3v) is 5.58. The first-order chi connectivity index (χ1) is 13.7. The molecule has 2 rings (SSSR count). The fourth-order valence-electron chi connectivity index (χ4n) is 2.96. The summed E-state index contributed by atoms with van der Waals surface area (Å²) in [5.41, 5.74) is 3.07. The second-order valence-corrected chi connectivity index (χ2v) is 7.83. The maximum atomic E-state index is 9.06. The Morgan fingerprint density at radius 2 is 2.21 bits per heavy atom. The number of aromatic nitrogens is 1. The minimum absolute atomic E-state index is 0.251. The topological polar surface area (TPSA) is 48.7 Å². The zero-order valence-electron chi connectivity index (χ0n) is 16.7. The van der Waals surface area contributed by atoms with Gasteiger partial charge in [-0.2, -0.15) is 5.26 Å². The molecule has 3 nitrogen and oxygen atoms in total. The molecule has 4 heteroatoms. The van der Waals surface area contributed by atoms with Crippen LogP contribution in [0, 0.1) is 11.3 Å². The fourth-order valence-corrected chi connectivity index (χ4v) is 3.99. The van der Waals surface area contributed by atoms with Gasteiger partial charge in [-0.15, -0.1) is 11.3 Å². The predicted octanol–water partition coefficient (Wildman–Crippen LogP) is 5.91. The first kappa shape index (κ1) is 21.8. The minimum atomic E-state index is 0.251. The molecule has 0 saturated carbocycles. The lowest BCUT2D eigenvalue weighted by Gasteiger charge is -2.17. The maximum absolute atomic E-state index is 9.06. The molecule has 1 aromatic heterocycles. The van der Waals surface area contributed by atoms with Crippen molar-refractivity contribution in [3.63, 3.8) is 0 Å². The van der Waals surface area contributed by atoms with Crippen molar-refractivity contribution in [1.82, 2.24) is 10.3 Å². The molecule has 2 aromatic rings. The Labute approximate surface area is 172 Å². The van der Waals surface area contributed by atoms with E-state index < -0.39 is 0 Å². The highest BCUT2D eigenvalue weighted by atomic mass is 32.1. The summed E-state index contributed by atoms with van der Waals surface area (Å²) in [6, 6.07) is 8.94. The number of benzene rings is 1. The number of hydrogen-bond acceptors (Lipinski definition) is 4. The van der Waals surface area contributed by atoms with Crippen LogP contribution in [-0.2, 0) is 12.8 Å². The molecule has 0 aliphatic carbocycles. The Kier molecular flexibility index (Phi) is 9.41. The molecule has 1 atom stereocenters. The van der Waals surface area contributed by atoms with Gasteiger partial charge in [0.15, 0.2) is 0 Å². The van der Waals surface area contributed by atoms with E-state index >= 15 is 0 Å². The first-order valence-corrected chi connectivity index (χ1v) is 10.6. The summed E-state index contributed by atoms with van der Waals surface area (Å²) >= 11 is 1.78. The van der Waals surface area contributed by atoms with Crippen LogP contribution in [0.2, 0.25) is 0 Å². The van der Waals surface area contributed by atoms with Crippen LogP contribution in [-0.4, -0.2) is 17.6 Å². The summed E-state index contributed by atoms with van der Waals surface area (Å²) in [7, 11) is 0. The maximum Gasteiger partial charge on any atom is 0.0951 e. The van der Waals surface area contributed by atoms with Crippen molar-refractivity contribution in [2.75, 3.05) is 6.54 Å². The van der Waals surface area contributed by atoms with Gasteiger partial charge < -0.3 is 5.32 Å². The van der Waals surface area contributed by atoms with Gasteiger partial charge in [0, 0.05) is 24.6 Å². The van der Waals surface area contributed by atoms with Gasteiger partial charge >= 0.3 is 0 Å². The highest BCUT2D eigenvalue weighted by Gasteiger charge is 2.10. The third-order valence-electron chi connectivity index (χ3n) is 4.50. The number of thiazole rings is 1. The standard InChI is InChI=1S/C24H29N3S/c1-4-6-7-8-9-10-11-21(16-19(3)18-25)26-15-14-24-27-22-13-12-20(5-2)17-23(22)28-24/h4,6-9,12-13,17,21,26H,1,3,5,10-11,14-16H2,2H3/b7-6-,9-8-. The third kappa shape index (κ3) is 7.26. The Hall–Kier alpha value is -2.48. The summed E-state index contributed by atoms with van der Waals surface area (Å²) in [6.07, 6.45) is 14.4. The lowest BCUT2D eigenvalue weighted by atomic mass is 10.0. The van der Waals surface area contributed by atoms with Crippen molar-refractivity contribution in [2.45, 2.75) is 45.1 Å². The van der Waals surface area contributed by atoms with Crippen LogP contribution in [0.1, 0.15) is 36.8 Å². The van der Waals surface area contributed by atoms with Crippen LogP contribution in [0.15, 0.2) is 67.3 Å². The van der Waals surface area contributed by atoms with Gasteiger partial charge in [0.1, 0.15) is 0 Å². The van der Waals surface area contributed by atoms with E-state index in [1.54, 1.807) is 17.4 Å². The fraction of sp³-hybridized carbons (Fsp3) is 0.333. The molecule has 1 N–H and O–H groups in total.